The summed E-state index contributed by atoms with van der Waals surface area (Å²) in [4.78, 5) is 41.5. The third-order valence-electron chi connectivity index (χ3n) is 11.7. The highest BCUT2D eigenvalue weighted by Gasteiger charge is 2.55. The number of ether oxygens (including phenoxy) is 1. The Balaban J connectivity index is 1.20. The highest BCUT2D eigenvalue weighted by Crippen LogP contribution is 2.54. The molecule has 5 fully saturated rings. The molecule has 0 unspecified atom stereocenters. The Hall–Kier alpha value is -5.02. The molecule has 12 nitrogen and oxygen atoms in total. The van der Waals surface area contributed by atoms with E-state index in [2.05, 4.69) is 15.2 Å². The second kappa shape index (κ2) is 12.5. The van der Waals surface area contributed by atoms with Crippen molar-refractivity contribution in [3.8, 4) is 17.2 Å². The number of rotatable bonds is 5. The van der Waals surface area contributed by atoms with E-state index in [9.17, 15) is 20.0 Å². The van der Waals surface area contributed by atoms with Gasteiger partial charge in [-0.25, -0.2) is 23.4 Å². The second-order valence-corrected chi connectivity index (χ2v) is 17.7. The topological polar surface area (TPSA) is 138 Å². The van der Waals surface area contributed by atoms with E-state index >= 15 is 22.0 Å². The van der Waals surface area contributed by atoms with Crippen molar-refractivity contribution in [2.24, 2.45) is 5.41 Å². The molecule has 56 heavy (non-hydrogen) atoms. The molecular formula is C38H37F5N8O4S. The molecule has 2 atom stereocenters. The van der Waals surface area contributed by atoms with Crippen molar-refractivity contribution in [1.29, 1.82) is 5.26 Å². The lowest BCUT2D eigenvalue weighted by atomic mass is 9.92. The number of halogens is 5. The molecule has 2 amide bonds. The molecule has 9 rings (SSSR count). The van der Waals surface area contributed by atoms with Gasteiger partial charge in [-0.1, -0.05) is 6.07 Å². The van der Waals surface area contributed by atoms with Gasteiger partial charge >= 0.3 is 18.4 Å². The van der Waals surface area contributed by atoms with Gasteiger partial charge < -0.3 is 19.6 Å². The van der Waals surface area contributed by atoms with Crippen molar-refractivity contribution < 1.29 is 41.4 Å². The number of carbonyl (C=O) groups is 2. The molecule has 4 aromatic rings. The van der Waals surface area contributed by atoms with E-state index in [0.29, 0.717) is 42.7 Å². The summed E-state index contributed by atoms with van der Waals surface area (Å²) in [5.41, 5.74) is -4.00. The predicted octanol–water partition coefficient (Wildman–Crippen LogP) is 7.64. The molecule has 2 bridgehead atoms. The monoisotopic (exact) mass is 796 g/mol. The average Bonchev–Trinajstić information content (AvgIpc) is 3.72. The van der Waals surface area contributed by atoms with Crippen LogP contribution in [0.5, 0.6) is 0 Å². The summed E-state index contributed by atoms with van der Waals surface area (Å²) in [6.45, 7) is 8.22. The maximum absolute atomic E-state index is 17.4. The molecule has 2 aromatic carbocycles. The van der Waals surface area contributed by atoms with Gasteiger partial charge in [-0.15, -0.1) is 11.3 Å². The summed E-state index contributed by atoms with van der Waals surface area (Å²) < 4.78 is 83.7. The fourth-order valence-electron chi connectivity index (χ4n) is 8.84. The third-order valence-corrected chi connectivity index (χ3v) is 12.8. The summed E-state index contributed by atoms with van der Waals surface area (Å²) >= 11 is 0.619. The van der Waals surface area contributed by atoms with Crippen LogP contribution < -0.4 is 15.1 Å². The molecule has 1 spiro atoms. The molecule has 0 radical (unpaired) electrons. The molecule has 2 N–H and O–H groups in total. The number of piperazine rings is 1. The number of hydrogen-bond donors (Lipinski definition) is 2. The first-order valence-electron chi connectivity index (χ1n) is 18.5. The van der Waals surface area contributed by atoms with Gasteiger partial charge in [0.05, 0.1) is 27.9 Å². The number of hydrogen-bond acceptors (Lipinski definition) is 10. The minimum atomic E-state index is -5.15. The van der Waals surface area contributed by atoms with Gasteiger partial charge in [0.25, 0.3) is 0 Å². The highest BCUT2D eigenvalue weighted by atomic mass is 32.1. The Bertz CT molecular complexity index is 2360. The van der Waals surface area contributed by atoms with Gasteiger partial charge in [0.15, 0.2) is 5.82 Å². The molecule has 294 valence electrons. The first kappa shape index (κ1) is 36.6. The standard InChI is InChI=1S/C38H37F5N8O4S/c1-36(2,3)55-34(52)47-32-23(11-44)26-21(6-7-25(39)30(26)56-32)27-24(38(41,42)43)10-22-29(28(27)40)45-33(49-14-20(15-49)50-16-37(17-50)8-9-37)46-31(22)48-12-18-4-5-19(13-48)51(18)35(53)54/h6-7,10,18-20H,4-5,8-9,12-17H2,1-3H3,(H,47,52)(H,53,54)/t18-,19+. The van der Waals surface area contributed by atoms with Crippen molar-refractivity contribution >= 4 is 61.3 Å². The summed E-state index contributed by atoms with van der Waals surface area (Å²) in [5, 5.41) is 21.9. The minimum absolute atomic E-state index is 0.0635. The van der Waals surface area contributed by atoms with Gasteiger partial charge in [-0.2, -0.15) is 23.4 Å². The number of carboxylic acid groups (broad SMARTS) is 1. The van der Waals surface area contributed by atoms with Crippen LogP contribution in [-0.2, 0) is 10.9 Å². The van der Waals surface area contributed by atoms with Gasteiger partial charge in [0.2, 0.25) is 5.95 Å². The normalized spacial score (nSPS) is 22.0. The van der Waals surface area contributed by atoms with Crippen LogP contribution in [-0.4, -0.2) is 100 Å². The Kier molecular flexibility index (Phi) is 8.16. The van der Waals surface area contributed by atoms with Gasteiger partial charge in [0.1, 0.15) is 33.8 Å². The van der Waals surface area contributed by atoms with Crippen LogP contribution in [0.25, 0.3) is 32.1 Å². The molecule has 2 aromatic heterocycles. The van der Waals surface area contributed by atoms with Gasteiger partial charge in [-0.05, 0) is 69.6 Å². The Morgan fingerprint density at radius 1 is 1.02 bits per heavy atom. The fourth-order valence-corrected chi connectivity index (χ4v) is 9.91. The molecule has 6 heterocycles. The van der Waals surface area contributed by atoms with Gasteiger partial charge in [0, 0.05) is 61.6 Å². The predicted molar refractivity (Wildman–Crippen MR) is 198 cm³/mol. The van der Waals surface area contributed by atoms with E-state index in [4.69, 9.17) is 9.72 Å². The number of amides is 2. The highest BCUT2D eigenvalue weighted by molar-refractivity contribution is 7.23. The number of thiophene rings is 1. The van der Waals surface area contributed by atoms with E-state index in [-0.39, 0.29) is 56.9 Å². The van der Waals surface area contributed by atoms with E-state index in [1.54, 1.807) is 25.7 Å². The quantitative estimate of drug-likeness (QED) is 0.194. The average molecular weight is 797 g/mol. The summed E-state index contributed by atoms with van der Waals surface area (Å²) in [5.74, 6) is -2.04. The second-order valence-electron chi connectivity index (χ2n) is 16.6. The van der Waals surface area contributed by atoms with Crippen LogP contribution in [0.3, 0.4) is 0 Å². The summed E-state index contributed by atoms with van der Waals surface area (Å²) in [7, 11) is 0. The SMILES string of the molecule is CC(C)(C)OC(=O)Nc1sc2c(F)ccc(-c3c(C(F)(F)F)cc4c(N5C[C@H]6CC[C@@H](C5)N6C(=O)O)nc(N5CC(N6CC7(CC7)C6)C5)nc4c3F)c2c1C#N. The summed E-state index contributed by atoms with van der Waals surface area (Å²) in [6, 6.07) is 3.91. The number of likely N-dealkylation sites (tertiary alicyclic amines) is 1. The molecule has 1 saturated carbocycles. The number of anilines is 3. The lowest BCUT2D eigenvalue weighted by Gasteiger charge is -2.52. The zero-order chi connectivity index (χ0) is 39.6. The first-order chi connectivity index (χ1) is 26.4. The zero-order valence-corrected chi connectivity index (χ0v) is 31.5. The van der Waals surface area contributed by atoms with E-state index in [1.165, 1.54) is 17.7 Å². The first-order valence-corrected chi connectivity index (χ1v) is 19.3. The largest absolute Gasteiger partial charge is 0.465 e. The van der Waals surface area contributed by atoms with Crippen LogP contribution in [0, 0.1) is 28.4 Å². The summed E-state index contributed by atoms with van der Waals surface area (Å²) in [6.07, 6.45) is -3.63. The minimum Gasteiger partial charge on any atom is -0.465 e. The smallest absolute Gasteiger partial charge is 0.417 e. The Labute approximate surface area is 321 Å². The van der Waals surface area contributed by atoms with Crippen molar-refractivity contribution in [3.05, 3.63) is 41.0 Å². The molecule has 4 aliphatic heterocycles. The number of nitrogens with one attached hydrogen (secondary N) is 1. The van der Waals surface area contributed by atoms with Crippen LogP contribution in [0.15, 0.2) is 18.2 Å². The maximum Gasteiger partial charge on any atom is 0.417 e. The number of alkyl halides is 3. The number of aromatic nitrogens is 2. The van der Waals surface area contributed by atoms with Crippen LogP contribution in [0.1, 0.15) is 57.6 Å². The number of nitriles is 1. The van der Waals surface area contributed by atoms with Gasteiger partial charge in [-0.3, -0.25) is 15.1 Å². The zero-order valence-electron chi connectivity index (χ0n) is 30.6. The van der Waals surface area contributed by atoms with Crippen molar-refractivity contribution in [3.63, 3.8) is 0 Å². The maximum atomic E-state index is 17.4. The molecule has 1 aliphatic carbocycles. The van der Waals surface area contributed by atoms with Crippen LogP contribution in [0.4, 0.5) is 48.3 Å². The number of nitrogens with zero attached hydrogens (tertiary/aromatic N) is 7. The number of carbonyl (C=O) groups excluding carboxylic acids is 1. The van der Waals surface area contributed by atoms with E-state index in [1.807, 2.05) is 11.0 Å². The number of fused-ring (bicyclic) bond motifs is 4. The van der Waals surface area contributed by atoms with Crippen LogP contribution in [0.2, 0.25) is 0 Å². The molecule has 4 saturated heterocycles. The van der Waals surface area contributed by atoms with E-state index < -0.39 is 69.9 Å². The lowest BCUT2D eigenvalue weighted by molar-refractivity contribution is -0.137. The van der Waals surface area contributed by atoms with Crippen molar-refractivity contribution in [1.82, 2.24) is 19.8 Å². The molecular weight excluding hydrogens is 760 g/mol. The van der Waals surface area contributed by atoms with Crippen molar-refractivity contribution in [2.45, 2.75) is 76.4 Å². The lowest BCUT2D eigenvalue weighted by Crippen LogP contribution is -2.66. The molecule has 5 aliphatic rings. The Morgan fingerprint density at radius 2 is 1.68 bits per heavy atom. The van der Waals surface area contributed by atoms with Crippen LogP contribution >= 0.6 is 11.3 Å². The third kappa shape index (κ3) is 6.01. The Morgan fingerprint density at radius 3 is 2.27 bits per heavy atom. The number of benzene rings is 2. The van der Waals surface area contributed by atoms with Crippen molar-refractivity contribution in [2.75, 3.05) is 54.4 Å². The fraction of sp³-hybridized carbons (Fsp3) is 0.500. The molecule has 18 heteroatoms. The van der Waals surface area contributed by atoms with E-state index in [0.717, 1.165) is 31.3 Å².